The van der Waals surface area contributed by atoms with Gasteiger partial charge in [-0.1, -0.05) is 0 Å². The van der Waals surface area contributed by atoms with Crippen molar-refractivity contribution in [2.45, 2.75) is 13.0 Å². The Morgan fingerprint density at radius 3 is 2.56 bits per heavy atom. The van der Waals surface area contributed by atoms with Gasteiger partial charge in [-0.05, 0) is 19.1 Å². The minimum Gasteiger partial charge on any atom is -0.323 e. The summed E-state index contributed by atoms with van der Waals surface area (Å²) in [5, 5.41) is 0. The Labute approximate surface area is 92.4 Å². The fourth-order valence-electron chi connectivity index (χ4n) is 1.40. The number of hydrogen-bond donors (Lipinski definition) is 1. The summed E-state index contributed by atoms with van der Waals surface area (Å²) in [6, 6.07) is 2.66. The SMILES string of the molecule is CC(N)c1nccnc1-c1ccc(F)cn1. The molecule has 1 atom stereocenters. The van der Waals surface area contributed by atoms with E-state index in [0.29, 0.717) is 17.1 Å². The summed E-state index contributed by atoms with van der Waals surface area (Å²) in [4.78, 5) is 12.3. The van der Waals surface area contributed by atoms with Crippen LogP contribution in [0.2, 0.25) is 0 Å². The fraction of sp³-hybridized carbons (Fsp3) is 0.182. The Morgan fingerprint density at radius 1 is 1.19 bits per heavy atom. The van der Waals surface area contributed by atoms with Crippen molar-refractivity contribution in [3.05, 3.63) is 42.2 Å². The molecule has 2 heterocycles. The normalized spacial score (nSPS) is 12.4. The van der Waals surface area contributed by atoms with Crippen LogP contribution in [0, 0.1) is 5.82 Å². The summed E-state index contributed by atoms with van der Waals surface area (Å²) in [5.74, 6) is -0.380. The summed E-state index contributed by atoms with van der Waals surface area (Å²) < 4.78 is 12.7. The third kappa shape index (κ3) is 2.04. The van der Waals surface area contributed by atoms with Gasteiger partial charge >= 0.3 is 0 Å². The quantitative estimate of drug-likeness (QED) is 0.833. The van der Waals surface area contributed by atoms with E-state index in [1.165, 1.54) is 6.07 Å². The number of hydrogen-bond acceptors (Lipinski definition) is 4. The topological polar surface area (TPSA) is 64.7 Å². The third-order valence-electron chi connectivity index (χ3n) is 2.13. The third-order valence-corrected chi connectivity index (χ3v) is 2.13. The number of rotatable bonds is 2. The summed E-state index contributed by atoms with van der Waals surface area (Å²) in [5.41, 5.74) is 7.60. The van der Waals surface area contributed by atoms with Crippen LogP contribution in [0.4, 0.5) is 4.39 Å². The van der Waals surface area contributed by atoms with Gasteiger partial charge in [0.25, 0.3) is 0 Å². The second-order valence-corrected chi connectivity index (χ2v) is 3.44. The van der Waals surface area contributed by atoms with Gasteiger partial charge in [-0.15, -0.1) is 0 Å². The Bertz CT molecular complexity index is 482. The van der Waals surface area contributed by atoms with Crippen molar-refractivity contribution in [2.24, 2.45) is 5.73 Å². The van der Waals surface area contributed by atoms with E-state index < -0.39 is 0 Å². The van der Waals surface area contributed by atoms with Crippen molar-refractivity contribution in [3.8, 4) is 11.4 Å². The van der Waals surface area contributed by atoms with E-state index in [2.05, 4.69) is 15.0 Å². The van der Waals surface area contributed by atoms with E-state index in [0.717, 1.165) is 6.20 Å². The summed E-state index contributed by atoms with van der Waals surface area (Å²) in [7, 11) is 0. The first-order valence-electron chi connectivity index (χ1n) is 4.87. The van der Waals surface area contributed by atoms with E-state index in [-0.39, 0.29) is 11.9 Å². The van der Waals surface area contributed by atoms with Crippen molar-refractivity contribution >= 4 is 0 Å². The lowest BCUT2D eigenvalue weighted by Crippen LogP contribution is -2.10. The molecule has 1 unspecified atom stereocenters. The summed E-state index contributed by atoms with van der Waals surface area (Å²) in [6.07, 6.45) is 4.28. The van der Waals surface area contributed by atoms with Gasteiger partial charge in [-0.25, -0.2) is 4.39 Å². The van der Waals surface area contributed by atoms with Crippen LogP contribution in [0.3, 0.4) is 0 Å². The van der Waals surface area contributed by atoms with Crippen LogP contribution in [-0.4, -0.2) is 15.0 Å². The monoisotopic (exact) mass is 218 g/mol. The standard InChI is InChI=1S/C11H11FN4/c1-7(13)10-11(15-5-4-14-10)9-3-2-8(12)6-16-9/h2-7H,13H2,1H3. The van der Waals surface area contributed by atoms with E-state index in [4.69, 9.17) is 5.73 Å². The maximum absolute atomic E-state index is 12.7. The van der Waals surface area contributed by atoms with Gasteiger partial charge in [-0.3, -0.25) is 15.0 Å². The van der Waals surface area contributed by atoms with Crippen LogP contribution in [0.5, 0.6) is 0 Å². The summed E-state index contributed by atoms with van der Waals surface area (Å²) >= 11 is 0. The smallest absolute Gasteiger partial charge is 0.141 e. The first-order chi connectivity index (χ1) is 7.68. The molecule has 0 spiro atoms. The molecule has 0 aliphatic rings. The molecule has 0 radical (unpaired) electrons. The lowest BCUT2D eigenvalue weighted by Gasteiger charge is -2.09. The largest absolute Gasteiger partial charge is 0.323 e. The first kappa shape index (κ1) is 10.6. The van der Waals surface area contributed by atoms with E-state index in [9.17, 15) is 4.39 Å². The molecule has 0 aliphatic carbocycles. The van der Waals surface area contributed by atoms with Crippen LogP contribution >= 0.6 is 0 Å². The Hall–Kier alpha value is -1.88. The molecule has 0 saturated carbocycles. The molecule has 82 valence electrons. The van der Waals surface area contributed by atoms with Gasteiger partial charge in [-0.2, -0.15) is 0 Å². The summed E-state index contributed by atoms with van der Waals surface area (Å²) in [6.45, 7) is 1.82. The Kier molecular flexibility index (Phi) is 2.87. The van der Waals surface area contributed by atoms with Crippen LogP contribution in [0.1, 0.15) is 18.7 Å². The number of aromatic nitrogens is 3. The molecular weight excluding hydrogens is 207 g/mol. The van der Waals surface area contributed by atoms with Crippen molar-refractivity contribution in [1.82, 2.24) is 15.0 Å². The molecule has 4 nitrogen and oxygen atoms in total. The van der Waals surface area contributed by atoms with Gasteiger partial charge in [0.15, 0.2) is 0 Å². The second-order valence-electron chi connectivity index (χ2n) is 3.44. The number of halogens is 1. The highest BCUT2D eigenvalue weighted by atomic mass is 19.1. The van der Waals surface area contributed by atoms with Crippen LogP contribution in [-0.2, 0) is 0 Å². The van der Waals surface area contributed by atoms with E-state index in [1.807, 2.05) is 6.92 Å². The number of nitrogens with zero attached hydrogens (tertiary/aromatic N) is 3. The molecular formula is C11H11FN4. The van der Waals surface area contributed by atoms with Crippen molar-refractivity contribution in [3.63, 3.8) is 0 Å². The Morgan fingerprint density at radius 2 is 1.94 bits per heavy atom. The minimum absolute atomic E-state index is 0.240. The molecule has 0 aromatic carbocycles. The highest BCUT2D eigenvalue weighted by molar-refractivity contribution is 5.56. The molecule has 0 amide bonds. The van der Waals surface area contributed by atoms with E-state index in [1.54, 1.807) is 18.5 Å². The molecule has 16 heavy (non-hydrogen) atoms. The van der Waals surface area contributed by atoms with Crippen LogP contribution in [0.15, 0.2) is 30.7 Å². The van der Waals surface area contributed by atoms with Crippen LogP contribution < -0.4 is 5.73 Å². The zero-order valence-corrected chi connectivity index (χ0v) is 8.76. The molecule has 0 saturated heterocycles. The average Bonchev–Trinajstić information content (AvgIpc) is 2.30. The lowest BCUT2D eigenvalue weighted by atomic mass is 10.1. The average molecular weight is 218 g/mol. The van der Waals surface area contributed by atoms with Crippen molar-refractivity contribution in [2.75, 3.05) is 0 Å². The molecule has 2 rings (SSSR count). The highest BCUT2D eigenvalue weighted by Crippen LogP contribution is 2.20. The molecule has 2 aromatic rings. The molecule has 2 aromatic heterocycles. The van der Waals surface area contributed by atoms with Crippen molar-refractivity contribution in [1.29, 1.82) is 0 Å². The molecule has 2 N–H and O–H groups in total. The van der Waals surface area contributed by atoms with Gasteiger partial charge in [0, 0.05) is 18.4 Å². The predicted molar refractivity (Wildman–Crippen MR) is 57.8 cm³/mol. The molecule has 0 aliphatic heterocycles. The molecule has 0 fully saturated rings. The maximum Gasteiger partial charge on any atom is 0.141 e. The Balaban J connectivity index is 2.51. The predicted octanol–water partition coefficient (Wildman–Crippen LogP) is 1.70. The van der Waals surface area contributed by atoms with Crippen LogP contribution in [0.25, 0.3) is 11.4 Å². The van der Waals surface area contributed by atoms with E-state index >= 15 is 0 Å². The molecule has 0 bridgehead atoms. The fourth-order valence-corrected chi connectivity index (χ4v) is 1.40. The number of pyridine rings is 1. The number of nitrogens with two attached hydrogens (primary N) is 1. The van der Waals surface area contributed by atoms with Gasteiger partial charge in [0.05, 0.1) is 17.6 Å². The zero-order chi connectivity index (χ0) is 11.5. The van der Waals surface area contributed by atoms with Crippen molar-refractivity contribution < 1.29 is 4.39 Å². The molecule has 5 heteroatoms. The second kappa shape index (κ2) is 4.32. The minimum atomic E-state index is -0.380. The van der Waals surface area contributed by atoms with Gasteiger partial charge in [0.2, 0.25) is 0 Å². The highest BCUT2D eigenvalue weighted by Gasteiger charge is 2.12. The van der Waals surface area contributed by atoms with Gasteiger partial charge in [0.1, 0.15) is 11.5 Å². The lowest BCUT2D eigenvalue weighted by molar-refractivity contribution is 0.621. The van der Waals surface area contributed by atoms with Gasteiger partial charge < -0.3 is 5.73 Å². The first-order valence-corrected chi connectivity index (χ1v) is 4.87. The maximum atomic E-state index is 12.7. The zero-order valence-electron chi connectivity index (χ0n) is 8.76.